The Balaban J connectivity index is 1.78. The average molecular weight is 389 g/mol. The number of likely N-dealkylation sites (tertiary alicyclic amines) is 1. The number of aryl methyl sites for hydroxylation is 1. The van der Waals surface area contributed by atoms with Crippen molar-refractivity contribution in [2.24, 2.45) is 11.3 Å². The minimum absolute atomic E-state index is 0.0131. The van der Waals surface area contributed by atoms with Gasteiger partial charge in [-0.15, -0.1) is 0 Å². The lowest BCUT2D eigenvalue weighted by molar-refractivity contribution is -0.140. The molecule has 28 heavy (non-hydrogen) atoms. The number of cyclic esters (lactones) is 1. The maximum atomic E-state index is 12.5. The van der Waals surface area contributed by atoms with Gasteiger partial charge in [0.15, 0.2) is 0 Å². The topological polar surface area (TPSA) is 75.6 Å². The van der Waals surface area contributed by atoms with Gasteiger partial charge in [-0.1, -0.05) is 34.6 Å². The number of anilines is 1. The largest absolute Gasteiger partial charge is 0.447 e. The van der Waals surface area contributed by atoms with Crippen molar-refractivity contribution in [3.05, 3.63) is 17.6 Å². The lowest BCUT2D eigenvalue weighted by Gasteiger charge is -2.35. The van der Waals surface area contributed by atoms with Crippen LogP contribution in [-0.2, 0) is 9.53 Å². The van der Waals surface area contributed by atoms with Gasteiger partial charge < -0.3 is 9.64 Å². The average Bonchev–Trinajstić information content (AvgIpc) is 3.02. The molecule has 0 spiro atoms. The fraction of sp³-hybridized carbons (Fsp3) is 0.714. The number of amides is 2. The van der Waals surface area contributed by atoms with Gasteiger partial charge in [0.2, 0.25) is 5.91 Å². The molecule has 0 aromatic carbocycles. The predicted molar refractivity (Wildman–Crippen MR) is 107 cm³/mol. The highest BCUT2D eigenvalue weighted by Gasteiger charge is 2.38. The van der Waals surface area contributed by atoms with Gasteiger partial charge in [-0.25, -0.2) is 14.8 Å². The zero-order chi connectivity index (χ0) is 20.6. The van der Waals surface area contributed by atoms with Crippen LogP contribution in [0.5, 0.6) is 0 Å². The van der Waals surface area contributed by atoms with Crippen molar-refractivity contribution in [1.82, 2.24) is 14.9 Å². The highest BCUT2D eigenvalue weighted by Crippen LogP contribution is 2.32. The number of carbonyl (C=O) groups is 2. The number of aromatic nitrogens is 2. The second kappa shape index (κ2) is 7.68. The Morgan fingerprint density at radius 2 is 1.86 bits per heavy atom. The van der Waals surface area contributed by atoms with Crippen LogP contribution in [0.1, 0.15) is 64.9 Å². The highest BCUT2D eigenvalue weighted by atomic mass is 16.6. The van der Waals surface area contributed by atoms with Gasteiger partial charge in [0.1, 0.15) is 18.2 Å². The molecule has 7 heteroatoms. The molecular formula is C21H32N4O3. The highest BCUT2D eigenvalue weighted by molar-refractivity contribution is 5.89. The summed E-state index contributed by atoms with van der Waals surface area (Å²) in [6.45, 7) is 13.8. The fourth-order valence-corrected chi connectivity index (χ4v) is 3.95. The Morgan fingerprint density at radius 3 is 2.43 bits per heavy atom. The first-order chi connectivity index (χ1) is 13.1. The van der Waals surface area contributed by atoms with Crippen LogP contribution < -0.4 is 4.90 Å². The molecular weight excluding hydrogens is 356 g/mol. The smallest absolute Gasteiger partial charge is 0.415 e. The van der Waals surface area contributed by atoms with Crippen molar-refractivity contribution in [3.63, 3.8) is 0 Å². The van der Waals surface area contributed by atoms with Crippen LogP contribution in [-0.4, -0.2) is 52.6 Å². The second-order valence-electron chi connectivity index (χ2n) is 9.27. The SMILES string of the molecule is Cc1nc(C2CCN(C(=O)C(C)(C)C)CC2)cc(N2C(=O)OCC2C(C)C)n1. The van der Waals surface area contributed by atoms with Crippen molar-refractivity contribution >= 4 is 17.8 Å². The number of rotatable bonds is 3. The molecule has 1 aromatic rings. The minimum Gasteiger partial charge on any atom is -0.447 e. The van der Waals surface area contributed by atoms with Crippen molar-refractivity contribution in [2.75, 3.05) is 24.6 Å². The van der Waals surface area contributed by atoms with E-state index in [1.165, 1.54) is 0 Å². The Kier molecular flexibility index (Phi) is 5.64. The summed E-state index contributed by atoms with van der Waals surface area (Å²) in [4.78, 5) is 37.6. The van der Waals surface area contributed by atoms with Crippen molar-refractivity contribution < 1.29 is 14.3 Å². The van der Waals surface area contributed by atoms with E-state index in [0.717, 1.165) is 31.6 Å². The van der Waals surface area contributed by atoms with E-state index in [0.29, 0.717) is 18.2 Å². The van der Waals surface area contributed by atoms with Crippen LogP contribution in [0.15, 0.2) is 6.07 Å². The molecule has 2 saturated heterocycles. The molecule has 1 atom stereocenters. The third kappa shape index (κ3) is 4.13. The lowest BCUT2D eigenvalue weighted by atomic mass is 9.89. The molecule has 0 aliphatic carbocycles. The Hall–Kier alpha value is -2.18. The summed E-state index contributed by atoms with van der Waals surface area (Å²) < 4.78 is 5.27. The van der Waals surface area contributed by atoms with Crippen LogP contribution in [0.3, 0.4) is 0 Å². The summed E-state index contributed by atoms with van der Waals surface area (Å²) in [6.07, 6.45) is 1.40. The van der Waals surface area contributed by atoms with Gasteiger partial charge in [0.05, 0.1) is 6.04 Å². The van der Waals surface area contributed by atoms with Gasteiger partial charge in [-0.3, -0.25) is 9.69 Å². The summed E-state index contributed by atoms with van der Waals surface area (Å²) in [5.41, 5.74) is 0.598. The van der Waals surface area contributed by atoms with Crippen LogP contribution in [0.25, 0.3) is 0 Å². The third-order valence-corrected chi connectivity index (χ3v) is 5.61. The second-order valence-corrected chi connectivity index (χ2v) is 9.27. The molecule has 0 radical (unpaired) electrons. The summed E-state index contributed by atoms with van der Waals surface area (Å²) in [5.74, 6) is 2.02. The van der Waals surface area contributed by atoms with Crippen LogP contribution in [0.2, 0.25) is 0 Å². The van der Waals surface area contributed by atoms with E-state index in [1.807, 2.05) is 38.7 Å². The molecule has 3 rings (SSSR count). The summed E-state index contributed by atoms with van der Waals surface area (Å²) >= 11 is 0. The maximum Gasteiger partial charge on any atom is 0.415 e. The molecule has 2 aliphatic rings. The van der Waals surface area contributed by atoms with E-state index in [2.05, 4.69) is 23.8 Å². The monoisotopic (exact) mass is 388 g/mol. The van der Waals surface area contributed by atoms with Crippen molar-refractivity contribution in [2.45, 2.75) is 66.3 Å². The zero-order valence-electron chi connectivity index (χ0n) is 17.9. The minimum atomic E-state index is -0.354. The number of hydrogen-bond acceptors (Lipinski definition) is 5. The number of hydrogen-bond donors (Lipinski definition) is 0. The molecule has 0 bridgehead atoms. The summed E-state index contributed by atoms with van der Waals surface area (Å²) in [5, 5.41) is 0. The first-order valence-corrected chi connectivity index (χ1v) is 10.2. The molecule has 154 valence electrons. The Labute approximate surface area is 167 Å². The van der Waals surface area contributed by atoms with E-state index in [1.54, 1.807) is 4.90 Å². The standard InChI is InChI=1S/C21H32N4O3/c1-13(2)17-12-28-20(27)25(17)18-11-16(22-14(3)23-18)15-7-9-24(10-8-15)19(26)21(4,5)6/h11,13,15,17H,7-10,12H2,1-6H3. The summed E-state index contributed by atoms with van der Waals surface area (Å²) in [6, 6.07) is 1.92. The number of piperidine rings is 1. The van der Waals surface area contributed by atoms with Crippen LogP contribution in [0.4, 0.5) is 10.6 Å². The number of ether oxygens (including phenoxy) is 1. The molecule has 2 fully saturated rings. The molecule has 3 heterocycles. The molecule has 2 aliphatic heterocycles. The van der Waals surface area contributed by atoms with Gasteiger partial charge >= 0.3 is 6.09 Å². The quantitative estimate of drug-likeness (QED) is 0.792. The maximum absolute atomic E-state index is 12.5. The molecule has 1 unspecified atom stereocenters. The lowest BCUT2D eigenvalue weighted by Crippen LogP contribution is -2.43. The van der Waals surface area contributed by atoms with Crippen molar-refractivity contribution in [3.8, 4) is 0 Å². The molecule has 0 saturated carbocycles. The van der Waals surface area contributed by atoms with E-state index >= 15 is 0 Å². The number of nitrogens with zero attached hydrogens (tertiary/aromatic N) is 4. The Morgan fingerprint density at radius 1 is 1.21 bits per heavy atom. The van der Waals surface area contributed by atoms with E-state index in [4.69, 9.17) is 4.74 Å². The zero-order valence-corrected chi connectivity index (χ0v) is 17.9. The normalized spacial score (nSPS) is 21.4. The van der Waals surface area contributed by atoms with E-state index in [9.17, 15) is 9.59 Å². The van der Waals surface area contributed by atoms with E-state index < -0.39 is 0 Å². The molecule has 1 aromatic heterocycles. The van der Waals surface area contributed by atoms with Gasteiger partial charge in [-0.2, -0.15) is 0 Å². The molecule has 2 amide bonds. The van der Waals surface area contributed by atoms with Gasteiger partial charge in [-0.05, 0) is 25.7 Å². The first-order valence-electron chi connectivity index (χ1n) is 10.2. The van der Waals surface area contributed by atoms with E-state index in [-0.39, 0.29) is 35.3 Å². The predicted octanol–water partition coefficient (Wildman–Crippen LogP) is 3.52. The van der Waals surface area contributed by atoms with Gasteiger partial charge in [0, 0.05) is 36.2 Å². The van der Waals surface area contributed by atoms with Crippen LogP contribution >= 0.6 is 0 Å². The van der Waals surface area contributed by atoms with Crippen molar-refractivity contribution in [1.29, 1.82) is 0 Å². The molecule has 7 nitrogen and oxygen atoms in total. The fourth-order valence-electron chi connectivity index (χ4n) is 3.95. The van der Waals surface area contributed by atoms with Gasteiger partial charge in [0.25, 0.3) is 0 Å². The third-order valence-electron chi connectivity index (χ3n) is 5.61. The first kappa shape index (κ1) is 20.6. The summed E-state index contributed by atoms with van der Waals surface area (Å²) in [7, 11) is 0. The Bertz CT molecular complexity index is 749. The van der Waals surface area contributed by atoms with Crippen LogP contribution in [0, 0.1) is 18.3 Å². The number of carbonyl (C=O) groups excluding carboxylic acids is 2. The molecule has 0 N–H and O–H groups in total.